The first-order valence-corrected chi connectivity index (χ1v) is 9.27. The quantitative estimate of drug-likeness (QED) is 0.664. The van der Waals surface area contributed by atoms with Gasteiger partial charge >= 0.3 is 5.97 Å². The first-order valence-electron chi connectivity index (χ1n) is 9.27. The zero-order chi connectivity index (χ0) is 21.7. The average molecular weight is 411 g/mol. The van der Waals surface area contributed by atoms with E-state index in [0.29, 0.717) is 22.7 Å². The second-order valence-corrected chi connectivity index (χ2v) is 6.61. The van der Waals surface area contributed by atoms with Crippen molar-refractivity contribution in [1.82, 2.24) is 0 Å². The molecule has 3 N–H and O–H groups in total. The normalized spacial score (nSPS) is 13.6. The number of nitrogens with one attached hydrogen (secondary N) is 1. The molecule has 0 saturated carbocycles. The van der Waals surface area contributed by atoms with E-state index in [0.717, 1.165) is 0 Å². The number of amides is 3. The summed E-state index contributed by atoms with van der Waals surface area (Å²) in [4.78, 5) is 49.1. The number of esters is 1. The van der Waals surface area contributed by atoms with Gasteiger partial charge in [0.05, 0.1) is 12.1 Å². The molecule has 9 nitrogen and oxygen atoms in total. The van der Waals surface area contributed by atoms with Crippen molar-refractivity contribution in [3.05, 3.63) is 54.1 Å². The number of anilines is 2. The number of hydrogen-bond donors (Lipinski definition) is 2. The molecular formula is C21H21N3O6. The fourth-order valence-corrected chi connectivity index (χ4v) is 2.87. The lowest BCUT2D eigenvalue weighted by Crippen LogP contribution is -2.40. The largest absolute Gasteiger partial charge is 0.482 e. The van der Waals surface area contributed by atoms with Crippen molar-refractivity contribution in [2.24, 2.45) is 5.73 Å². The van der Waals surface area contributed by atoms with Gasteiger partial charge in [0.1, 0.15) is 5.75 Å². The highest BCUT2D eigenvalue weighted by atomic mass is 16.5. The third-order valence-corrected chi connectivity index (χ3v) is 4.46. The number of fused-ring (bicyclic) bond motifs is 1. The highest BCUT2D eigenvalue weighted by molar-refractivity contribution is 5.99. The van der Waals surface area contributed by atoms with Crippen molar-refractivity contribution in [3.8, 4) is 5.75 Å². The molecule has 2 aromatic rings. The van der Waals surface area contributed by atoms with Crippen molar-refractivity contribution < 1.29 is 28.7 Å². The van der Waals surface area contributed by atoms with Gasteiger partial charge in [-0.2, -0.15) is 0 Å². The zero-order valence-electron chi connectivity index (χ0n) is 16.3. The molecule has 0 aromatic heterocycles. The van der Waals surface area contributed by atoms with Crippen LogP contribution in [0.2, 0.25) is 0 Å². The summed E-state index contributed by atoms with van der Waals surface area (Å²) >= 11 is 0. The molecule has 1 aliphatic heterocycles. The van der Waals surface area contributed by atoms with Gasteiger partial charge in [-0.1, -0.05) is 12.1 Å². The van der Waals surface area contributed by atoms with E-state index in [1.807, 2.05) is 0 Å². The van der Waals surface area contributed by atoms with Crippen LogP contribution in [-0.2, 0) is 19.1 Å². The Balaban J connectivity index is 1.51. The van der Waals surface area contributed by atoms with Crippen molar-refractivity contribution in [2.45, 2.75) is 19.4 Å². The fourth-order valence-electron chi connectivity index (χ4n) is 2.87. The zero-order valence-corrected chi connectivity index (χ0v) is 16.3. The molecule has 0 saturated heterocycles. The molecule has 1 aliphatic rings. The van der Waals surface area contributed by atoms with Gasteiger partial charge in [0, 0.05) is 17.8 Å². The van der Waals surface area contributed by atoms with Crippen molar-refractivity contribution >= 4 is 35.1 Å². The molecule has 0 unspecified atom stereocenters. The molecule has 30 heavy (non-hydrogen) atoms. The highest BCUT2D eigenvalue weighted by Gasteiger charge is 2.26. The first kappa shape index (κ1) is 20.8. The summed E-state index contributed by atoms with van der Waals surface area (Å²) in [5.41, 5.74) is 6.51. The first-order chi connectivity index (χ1) is 14.3. The minimum Gasteiger partial charge on any atom is -0.482 e. The summed E-state index contributed by atoms with van der Waals surface area (Å²) in [6.07, 6.45) is -1.12. The Hall–Kier alpha value is -3.88. The highest BCUT2D eigenvalue weighted by Crippen LogP contribution is 2.31. The van der Waals surface area contributed by atoms with Crippen LogP contribution in [0.25, 0.3) is 0 Å². The molecule has 0 bridgehead atoms. The lowest BCUT2D eigenvalue weighted by atomic mass is 10.2. The van der Waals surface area contributed by atoms with Gasteiger partial charge in [0.25, 0.3) is 11.8 Å². The van der Waals surface area contributed by atoms with Crippen LogP contribution in [0, 0.1) is 0 Å². The molecule has 0 spiro atoms. The van der Waals surface area contributed by atoms with E-state index in [2.05, 4.69) is 5.32 Å². The Morgan fingerprint density at radius 2 is 1.87 bits per heavy atom. The van der Waals surface area contributed by atoms with Crippen LogP contribution in [0.1, 0.15) is 23.7 Å². The second-order valence-electron chi connectivity index (χ2n) is 6.61. The van der Waals surface area contributed by atoms with E-state index in [1.54, 1.807) is 24.3 Å². The Morgan fingerprint density at radius 3 is 2.57 bits per heavy atom. The second kappa shape index (κ2) is 9.08. The molecule has 3 amide bonds. The summed E-state index contributed by atoms with van der Waals surface area (Å²) in [5, 5.41) is 2.59. The summed E-state index contributed by atoms with van der Waals surface area (Å²) in [7, 11) is 0. The number of carbonyl (C=O) groups is 4. The Kier molecular flexibility index (Phi) is 6.31. The van der Waals surface area contributed by atoms with E-state index >= 15 is 0 Å². The number of benzene rings is 2. The molecular weight excluding hydrogens is 390 g/mol. The molecule has 0 fully saturated rings. The van der Waals surface area contributed by atoms with E-state index in [-0.39, 0.29) is 25.5 Å². The third-order valence-electron chi connectivity index (χ3n) is 4.46. The van der Waals surface area contributed by atoms with Gasteiger partial charge in [-0.25, -0.2) is 0 Å². The maximum atomic E-state index is 12.2. The monoisotopic (exact) mass is 411 g/mol. The van der Waals surface area contributed by atoms with Crippen molar-refractivity contribution in [1.29, 1.82) is 0 Å². The molecule has 3 rings (SSSR count). The van der Waals surface area contributed by atoms with Crippen LogP contribution in [0.4, 0.5) is 11.4 Å². The Bertz CT molecular complexity index is 973. The summed E-state index contributed by atoms with van der Waals surface area (Å²) in [6.45, 7) is 1.46. The van der Waals surface area contributed by atoms with E-state index in [1.165, 1.54) is 36.1 Å². The number of ether oxygens (including phenoxy) is 2. The predicted octanol–water partition coefficient (Wildman–Crippen LogP) is 1.47. The minimum atomic E-state index is -1.04. The van der Waals surface area contributed by atoms with Gasteiger partial charge in [-0.05, 0) is 43.3 Å². The summed E-state index contributed by atoms with van der Waals surface area (Å²) in [6, 6.07) is 13.0. The predicted molar refractivity (Wildman–Crippen MR) is 108 cm³/mol. The number of rotatable bonds is 7. The maximum Gasteiger partial charge on any atom is 0.308 e. The minimum absolute atomic E-state index is 0.0784. The lowest BCUT2D eigenvalue weighted by molar-refractivity contribution is -0.153. The van der Waals surface area contributed by atoms with Gasteiger partial charge in [0.2, 0.25) is 5.91 Å². The van der Waals surface area contributed by atoms with Gasteiger partial charge < -0.3 is 25.4 Å². The number of nitrogens with zero attached hydrogens (tertiary/aromatic N) is 1. The molecule has 9 heteroatoms. The number of para-hydroxylation sites is 2. The van der Waals surface area contributed by atoms with Crippen molar-refractivity contribution in [2.75, 3.05) is 23.4 Å². The third kappa shape index (κ3) is 4.93. The molecule has 156 valence electrons. The van der Waals surface area contributed by atoms with E-state index in [9.17, 15) is 19.2 Å². The number of hydrogen-bond acceptors (Lipinski definition) is 6. The topological polar surface area (TPSA) is 128 Å². The van der Waals surface area contributed by atoms with Gasteiger partial charge in [0.15, 0.2) is 12.7 Å². The smallest absolute Gasteiger partial charge is 0.308 e. The Morgan fingerprint density at radius 1 is 1.17 bits per heavy atom. The van der Waals surface area contributed by atoms with Crippen LogP contribution >= 0.6 is 0 Å². The molecule has 1 heterocycles. The molecule has 0 radical (unpaired) electrons. The van der Waals surface area contributed by atoms with Crippen LogP contribution in [0.5, 0.6) is 5.75 Å². The fraction of sp³-hybridized carbons (Fsp3) is 0.238. The van der Waals surface area contributed by atoms with Crippen LogP contribution in [0.15, 0.2) is 48.5 Å². The standard InChI is InChI=1S/C21H21N3O6/c1-13(21(28)23-15-8-6-14(7-9-15)20(22)27)30-19(26)10-11-24-16-4-2-3-5-17(16)29-12-18(24)25/h2-9,13H,10-12H2,1H3,(H2,22,27)(H,23,28)/t13-/m1/s1. The van der Waals surface area contributed by atoms with Gasteiger partial charge in [-0.3, -0.25) is 19.2 Å². The van der Waals surface area contributed by atoms with Crippen LogP contribution in [-0.4, -0.2) is 42.9 Å². The Labute approximate surface area is 172 Å². The number of nitrogens with two attached hydrogens (primary N) is 1. The molecule has 1 atom stereocenters. The summed E-state index contributed by atoms with van der Waals surface area (Å²) < 4.78 is 10.5. The summed E-state index contributed by atoms with van der Waals surface area (Å²) in [5.74, 6) is -1.40. The average Bonchev–Trinajstić information content (AvgIpc) is 2.73. The van der Waals surface area contributed by atoms with Crippen LogP contribution < -0.4 is 20.7 Å². The van der Waals surface area contributed by atoms with E-state index < -0.39 is 23.9 Å². The number of primary amides is 1. The van der Waals surface area contributed by atoms with Gasteiger partial charge in [-0.15, -0.1) is 0 Å². The lowest BCUT2D eigenvalue weighted by Gasteiger charge is -2.29. The van der Waals surface area contributed by atoms with E-state index in [4.69, 9.17) is 15.2 Å². The maximum absolute atomic E-state index is 12.2. The van der Waals surface area contributed by atoms with Crippen molar-refractivity contribution in [3.63, 3.8) is 0 Å². The molecule has 2 aromatic carbocycles. The SMILES string of the molecule is C[C@@H](OC(=O)CCN1C(=O)COc2ccccc21)C(=O)Nc1ccc(C(N)=O)cc1. The number of carbonyl (C=O) groups excluding carboxylic acids is 4. The molecule has 0 aliphatic carbocycles. The van der Waals surface area contributed by atoms with Crippen LogP contribution in [0.3, 0.4) is 0 Å².